The lowest BCUT2D eigenvalue weighted by molar-refractivity contribution is 0.000627. The molecule has 2 fully saturated rings. The Bertz CT molecular complexity index is 1500. The number of pyridine rings is 1. The highest BCUT2D eigenvalue weighted by atomic mass is 79.9. The van der Waals surface area contributed by atoms with Crippen molar-refractivity contribution in [3.8, 4) is 11.1 Å². The number of benzene rings is 2. The maximum atomic E-state index is 15.1. The lowest BCUT2D eigenvalue weighted by atomic mass is 9.82. The van der Waals surface area contributed by atoms with E-state index in [9.17, 15) is 13.2 Å². The van der Waals surface area contributed by atoms with Gasteiger partial charge in [-0.2, -0.15) is 0 Å². The van der Waals surface area contributed by atoms with Gasteiger partial charge in [-0.15, -0.1) is 0 Å². The highest BCUT2D eigenvalue weighted by Crippen LogP contribution is 2.43. The van der Waals surface area contributed by atoms with E-state index in [1.807, 2.05) is 59.2 Å². The van der Waals surface area contributed by atoms with E-state index in [-0.39, 0.29) is 26.1 Å². The van der Waals surface area contributed by atoms with Crippen LogP contribution in [0.4, 0.5) is 34.6 Å². The number of nitrogens with zero attached hydrogens (tertiary/aromatic N) is 3. The van der Waals surface area contributed by atoms with Crippen LogP contribution in [0.25, 0.3) is 11.1 Å². The Hall–Kier alpha value is -2.89. The van der Waals surface area contributed by atoms with Gasteiger partial charge in [0, 0.05) is 53.0 Å². The Morgan fingerprint density at radius 3 is 2.02 bits per heavy atom. The van der Waals surface area contributed by atoms with Crippen LogP contribution in [0.15, 0.2) is 53.1 Å². The molecular weight excluding hydrogens is 628 g/mol. The molecule has 0 saturated carbocycles. The van der Waals surface area contributed by atoms with Crippen LogP contribution in [0.5, 0.6) is 0 Å². The minimum absolute atomic E-state index is 0.0673. The van der Waals surface area contributed by atoms with E-state index in [1.165, 1.54) is 0 Å². The Balaban J connectivity index is 0.000000162. The normalized spacial score (nSPS) is 27.7. The van der Waals surface area contributed by atoms with E-state index < -0.39 is 36.8 Å². The first-order valence-corrected chi connectivity index (χ1v) is 15.3. The van der Waals surface area contributed by atoms with Gasteiger partial charge in [0.05, 0.1) is 50.4 Å². The number of halogens is 5. The van der Waals surface area contributed by atoms with E-state index in [0.29, 0.717) is 32.0 Å². The van der Waals surface area contributed by atoms with Gasteiger partial charge in [0.2, 0.25) is 0 Å². The molecule has 0 aliphatic carbocycles. The minimum atomic E-state index is -1.90. The molecule has 2 saturated heterocycles. The van der Waals surface area contributed by atoms with E-state index in [2.05, 4.69) is 20.9 Å². The highest BCUT2D eigenvalue weighted by molar-refractivity contribution is 9.10. The van der Waals surface area contributed by atoms with Crippen molar-refractivity contribution >= 4 is 33.0 Å². The third-order valence-corrected chi connectivity index (χ3v) is 9.53. The number of aromatic nitrogens is 1. The number of hydrogen-bond donors (Lipinski definition) is 1. The van der Waals surface area contributed by atoms with Crippen LogP contribution in [0.3, 0.4) is 0 Å². The Morgan fingerprint density at radius 1 is 0.884 bits per heavy atom. The second-order valence-corrected chi connectivity index (χ2v) is 12.7. The molecule has 11 heteroatoms. The Morgan fingerprint density at radius 2 is 1.44 bits per heavy atom. The molecule has 2 N–H and O–H groups in total. The average molecular weight is 664 g/mol. The summed E-state index contributed by atoms with van der Waals surface area (Å²) in [5, 5.41) is 0. The summed E-state index contributed by atoms with van der Waals surface area (Å²) < 4.78 is 68.2. The van der Waals surface area contributed by atoms with Gasteiger partial charge in [0.1, 0.15) is 13.3 Å². The molecule has 4 unspecified atom stereocenters. The van der Waals surface area contributed by atoms with Crippen LogP contribution in [-0.2, 0) is 22.3 Å². The second-order valence-electron chi connectivity index (χ2n) is 11.8. The molecule has 4 atom stereocenters. The summed E-state index contributed by atoms with van der Waals surface area (Å²) in [5.74, 6) is 0. The molecule has 1 aromatic heterocycles. The molecule has 0 radical (unpaired) electrons. The number of anilines is 3. The van der Waals surface area contributed by atoms with Crippen LogP contribution in [0, 0.1) is 6.92 Å². The van der Waals surface area contributed by atoms with Crippen molar-refractivity contribution in [3.63, 3.8) is 0 Å². The molecule has 2 aromatic carbocycles. The average Bonchev–Trinajstić information content (AvgIpc) is 3.03. The van der Waals surface area contributed by atoms with Crippen LogP contribution in [0.1, 0.15) is 16.8 Å². The number of hydrogen-bond acceptors (Lipinski definition) is 6. The number of alkyl halides is 4. The molecule has 0 bridgehead atoms. The summed E-state index contributed by atoms with van der Waals surface area (Å²) in [4.78, 5) is 8.23. The predicted octanol–water partition coefficient (Wildman–Crippen LogP) is 5.97. The molecule has 6 nitrogen and oxygen atoms in total. The number of nitrogens with two attached hydrogens (primary N) is 1. The summed E-state index contributed by atoms with van der Waals surface area (Å²) in [6.07, 6.45) is 1.82. The molecule has 0 amide bonds. The number of morpholine rings is 2. The lowest BCUT2D eigenvalue weighted by Crippen LogP contribution is -2.61. The quantitative estimate of drug-likeness (QED) is 0.349. The van der Waals surface area contributed by atoms with Gasteiger partial charge < -0.3 is 25.0 Å². The molecule has 43 heavy (non-hydrogen) atoms. The lowest BCUT2D eigenvalue weighted by Gasteiger charge is -2.48. The smallest absolute Gasteiger partial charge is 0.165 e. The molecule has 7 rings (SSSR count). The number of aryl methyl sites for hydroxylation is 1. The SMILES string of the molecule is Cc1ncc(N)cc1-c1ccc2c(c1)N1CCOCC1C(F)(CF)C2.FCC1(F)Cc2ccc(Br)cc2N2CCOCC21. The van der Waals surface area contributed by atoms with Gasteiger partial charge in [-0.3, -0.25) is 4.98 Å². The first kappa shape index (κ1) is 30.1. The minimum Gasteiger partial charge on any atom is -0.397 e. The van der Waals surface area contributed by atoms with E-state index in [4.69, 9.17) is 15.2 Å². The fourth-order valence-corrected chi connectivity index (χ4v) is 7.08. The van der Waals surface area contributed by atoms with Crippen molar-refractivity contribution in [2.75, 3.05) is 68.4 Å². The van der Waals surface area contributed by atoms with E-state index in [0.717, 1.165) is 43.8 Å². The monoisotopic (exact) mass is 662 g/mol. The largest absolute Gasteiger partial charge is 0.397 e. The third-order valence-electron chi connectivity index (χ3n) is 9.03. The van der Waals surface area contributed by atoms with E-state index in [1.54, 1.807) is 6.20 Å². The molecule has 3 aromatic rings. The van der Waals surface area contributed by atoms with Crippen molar-refractivity contribution in [1.29, 1.82) is 0 Å². The fourth-order valence-electron chi connectivity index (χ4n) is 6.73. The first-order valence-electron chi connectivity index (χ1n) is 14.5. The van der Waals surface area contributed by atoms with E-state index >= 15 is 4.39 Å². The molecule has 4 aliphatic rings. The molecular formula is C32H35BrF4N4O2. The maximum absolute atomic E-state index is 15.1. The van der Waals surface area contributed by atoms with Crippen LogP contribution in [-0.4, -0.2) is 81.3 Å². The van der Waals surface area contributed by atoms with Gasteiger partial charge in [0.15, 0.2) is 11.3 Å². The number of nitrogen functional groups attached to an aromatic ring is 1. The highest BCUT2D eigenvalue weighted by Gasteiger charge is 2.50. The summed E-state index contributed by atoms with van der Waals surface area (Å²) in [6, 6.07) is 12.4. The van der Waals surface area contributed by atoms with Gasteiger partial charge >= 0.3 is 0 Å². The molecule has 230 valence electrons. The fraction of sp³-hybridized carbons (Fsp3) is 0.469. The number of ether oxygens (including phenoxy) is 2. The first-order chi connectivity index (χ1) is 20.7. The summed E-state index contributed by atoms with van der Waals surface area (Å²) in [6.45, 7) is 2.67. The van der Waals surface area contributed by atoms with Gasteiger partial charge in [-0.25, -0.2) is 17.6 Å². The van der Waals surface area contributed by atoms with Gasteiger partial charge in [-0.05, 0) is 47.9 Å². The third kappa shape index (κ3) is 5.60. The molecule has 0 spiro atoms. The van der Waals surface area contributed by atoms with Crippen LogP contribution < -0.4 is 15.5 Å². The van der Waals surface area contributed by atoms with Crippen molar-refractivity contribution < 1.29 is 27.0 Å². The van der Waals surface area contributed by atoms with Crippen LogP contribution >= 0.6 is 15.9 Å². The van der Waals surface area contributed by atoms with Crippen molar-refractivity contribution in [2.45, 2.75) is 43.2 Å². The summed E-state index contributed by atoms with van der Waals surface area (Å²) >= 11 is 3.43. The number of rotatable bonds is 3. The van der Waals surface area contributed by atoms with Gasteiger partial charge in [0.25, 0.3) is 0 Å². The molecule has 4 aliphatic heterocycles. The zero-order chi connectivity index (χ0) is 30.4. The Labute approximate surface area is 257 Å². The second kappa shape index (κ2) is 11.9. The summed E-state index contributed by atoms with van der Waals surface area (Å²) in [5.41, 5.74) is 9.22. The van der Waals surface area contributed by atoms with Gasteiger partial charge in [-0.1, -0.05) is 34.1 Å². The maximum Gasteiger partial charge on any atom is 0.165 e. The van der Waals surface area contributed by atoms with Crippen molar-refractivity contribution in [1.82, 2.24) is 4.98 Å². The standard InChI is InChI=1S/C19H21F2N3O.C13H14BrF2NO/c1-12-16(7-15(22)9-23-12)13-2-3-14-8-19(21,11-20)18-10-25-5-4-24(18)17(14)6-13;14-10-2-1-9-6-13(16,8-15)12-7-18-4-3-17(12)11(9)5-10/h2-3,6-7,9,18H,4-5,8,10-11,22H2,1H3;1-2,5,12H,3-4,6-8H2. The zero-order valence-corrected chi connectivity index (χ0v) is 25.6. The summed E-state index contributed by atoms with van der Waals surface area (Å²) in [7, 11) is 0. The van der Waals surface area contributed by atoms with Crippen molar-refractivity contribution in [3.05, 3.63) is 70.0 Å². The van der Waals surface area contributed by atoms with Crippen LogP contribution in [0.2, 0.25) is 0 Å². The topological polar surface area (TPSA) is 63.8 Å². The zero-order valence-electron chi connectivity index (χ0n) is 24.0. The molecule has 5 heterocycles. The predicted molar refractivity (Wildman–Crippen MR) is 164 cm³/mol. The number of fused-ring (bicyclic) bond motifs is 6. The Kier molecular flexibility index (Phi) is 8.34. The van der Waals surface area contributed by atoms with Crippen molar-refractivity contribution in [2.24, 2.45) is 0 Å².